The quantitative estimate of drug-likeness (QED) is 0.921. The lowest BCUT2D eigenvalue weighted by Gasteiger charge is -2.10. The molecule has 1 N–H and O–H groups in total. The van der Waals surface area contributed by atoms with Crippen molar-refractivity contribution in [3.05, 3.63) is 40.6 Å². The Morgan fingerprint density at radius 1 is 1.15 bits per heavy atom. The van der Waals surface area contributed by atoms with E-state index in [2.05, 4.69) is 4.72 Å². The molecule has 0 saturated carbocycles. The number of hydrogen-bond acceptors (Lipinski definition) is 3. The summed E-state index contributed by atoms with van der Waals surface area (Å²) in [4.78, 5) is 0. The number of furan rings is 1. The maximum absolute atomic E-state index is 12.2. The summed E-state index contributed by atoms with van der Waals surface area (Å²) in [6.45, 7) is 3.46. The van der Waals surface area contributed by atoms with Crippen LogP contribution in [0.15, 0.2) is 40.0 Å². The fraction of sp³-hybridized carbons (Fsp3) is 0.231. The van der Waals surface area contributed by atoms with Crippen molar-refractivity contribution in [2.45, 2.75) is 25.0 Å². The minimum atomic E-state index is -3.74. The molecule has 0 unspecified atom stereocenters. The molecule has 4 nitrogen and oxygen atoms in total. The summed E-state index contributed by atoms with van der Waals surface area (Å²) in [7, 11) is -3.74. The summed E-state index contributed by atoms with van der Waals surface area (Å²) < 4.78 is 32.0. The van der Waals surface area contributed by atoms with Crippen molar-refractivity contribution in [2.24, 2.45) is 0 Å². The summed E-state index contributed by atoms with van der Waals surface area (Å²) >= 11 is 12.0. The summed E-state index contributed by atoms with van der Waals surface area (Å²) in [5.41, 5.74) is 0.891. The van der Waals surface area contributed by atoms with Crippen LogP contribution >= 0.6 is 23.2 Å². The molecular formula is C13H13Cl2NO3S. The number of nitrogens with one attached hydrogen (secondary N) is 1. The largest absolute Gasteiger partial charge is 0.451 e. The Hall–Kier alpha value is -1.01. The van der Waals surface area contributed by atoms with Gasteiger partial charge in [-0.3, -0.25) is 0 Å². The third kappa shape index (κ3) is 3.17. The van der Waals surface area contributed by atoms with Gasteiger partial charge in [0.25, 0.3) is 10.0 Å². The van der Waals surface area contributed by atoms with Crippen LogP contribution in [0.25, 0.3) is 11.1 Å². The minimum Gasteiger partial charge on any atom is -0.451 e. The van der Waals surface area contributed by atoms with Crippen molar-refractivity contribution in [1.82, 2.24) is 4.72 Å². The predicted octanol–water partition coefficient (Wildman–Crippen LogP) is 3.94. The molecule has 1 heterocycles. The SMILES string of the molecule is CC(C)NS(=O)(=O)c1occc1-c1cc(Cl)ccc1Cl. The van der Waals surface area contributed by atoms with Gasteiger partial charge in [0.05, 0.1) is 6.26 Å². The lowest BCUT2D eigenvalue weighted by Crippen LogP contribution is -2.30. The third-order valence-electron chi connectivity index (χ3n) is 2.48. The van der Waals surface area contributed by atoms with Gasteiger partial charge < -0.3 is 4.42 Å². The average Bonchev–Trinajstić information content (AvgIpc) is 2.80. The minimum absolute atomic E-state index is 0.171. The number of halogens is 2. The fourth-order valence-electron chi connectivity index (χ4n) is 1.77. The second-order valence-electron chi connectivity index (χ2n) is 4.52. The van der Waals surface area contributed by atoms with E-state index >= 15 is 0 Å². The Kier molecular flexibility index (Phi) is 4.44. The average molecular weight is 334 g/mol. The van der Waals surface area contributed by atoms with Gasteiger partial charge in [0.15, 0.2) is 0 Å². The molecule has 0 radical (unpaired) electrons. The number of sulfonamides is 1. The first kappa shape index (κ1) is 15.4. The Morgan fingerprint density at radius 2 is 1.85 bits per heavy atom. The van der Waals surface area contributed by atoms with Crippen LogP contribution in [0.3, 0.4) is 0 Å². The standard InChI is InChI=1S/C13H13Cl2NO3S/c1-8(2)16-20(17,18)13-10(5-6-19-13)11-7-9(14)3-4-12(11)15/h3-8,16H,1-2H3. The van der Waals surface area contributed by atoms with Gasteiger partial charge in [-0.05, 0) is 38.1 Å². The number of rotatable bonds is 4. The molecule has 1 aromatic carbocycles. The van der Waals surface area contributed by atoms with Crippen molar-refractivity contribution in [1.29, 1.82) is 0 Å². The zero-order valence-electron chi connectivity index (χ0n) is 10.9. The van der Waals surface area contributed by atoms with E-state index in [1.54, 1.807) is 38.1 Å². The van der Waals surface area contributed by atoms with Crippen molar-refractivity contribution in [3.63, 3.8) is 0 Å². The van der Waals surface area contributed by atoms with Gasteiger partial charge in [-0.1, -0.05) is 23.2 Å². The first-order valence-electron chi connectivity index (χ1n) is 5.86. The molecule has 0 fully saturated rings. The third-order valence-corrected chi connectivity index (χ3v) is 4.63. The molecule has 108 valence electrons. The highest BCUT2D eigenvalue weighted by molar-refractivity contribution is 7.89. The van der Waals surface area contributed by atoms with Gasteiger partial charge in [0, 0.05) is 27.2 Å². The molecule has 20 heavy (non-hydrogen) atoms. The molecule has 0 atom stereocenters. The summed E-state index contributed by atoms with van der Waals surface area (Å²) in [5.74, 6) is 0. The molecule has 0 spiro atoms. The Balaban J connectivity index is 2.56. The summed E-state index contributed by atoms with van der Waals surface area (Å²) in [5, 5.41) is 0.693. The van der Waals surface area contributed by atoms with Crippen LogP contribution in [0.4, 0.5) is 0 Å². The van der Waals surface area contributed by atoms with Crippen LogP contribution in [0.2, 0.25) is 10.0 Å². The van der Waals surface area contributed by atoms with E-state index in [1.807, 2.05) is 0 Å². The van der Waals surface area contributed by atoms with E-state index in [0.717, 1.165) is 0 Å². The van der Waals surface area contributed by atoms with Crippen LogP contribution in [0.5, 0.6) is 0 Å². The fourth-order valence-corrected chi connectivity index (χ4v) is 3.54. The van der Waals surface area contributed by atoms with E-state index in [-0.39, 0.29) is 11.1 Å². The van der Waals surface area contributed by atoms with Crippen LogP contribution < -0.4 is 4.72 Å². The van der Waals surface area contributed by atoms with Gasteiger partial charge in [0.1, 0.15) is 0 Å². The lowest BCUT2D eigenvalue weighted by atomic mass is 10.1. The van der Waals surface area contributed by atoms with Crippen LogP contribution in [-0.2, 0) is 10.0 Å². The first-order chi connectivity index (χ1) is 9.31. The second kappa shape index (κ2) is 5.77. The van der Waals surface area contributed by atoms with E-state index in [1.165, 1.54) is 6.26 Å². The summed E-state index contributed by atoms with van der Waals surface area (Å²) in [6.07, 6.45) is 1.31. The predicted molar refractivity (Wildman–Crippen MR) is 79.6 cm³/mol. The van der Waals surface area contributed by atoms with Crippen molar-refractivity contribution >= 4 is 33.2 Å². The van der Waals surface area contributed by atoms with Gasteiger partial charge in [0.2, 0.25) is 5.09 Å². The highest BCUT2D eigenvalue weighted by Gasteiger charge is 2.25. The van der Waals surface area contributed by atoms with Crippen molar-refractivity contribution < 1.29 is 12.8 Å². The molecule has 0 aliphatic carbocycles. The monoisotopic (exact) mass is 333 g/mol. The zero-order valence-corrected chi connectivity index (χ0v) is 13.2. The van der Waals surface area contributed by atoms with E-state index in [9.17, 15) is 8.42 Å². The highest BCUT2D eigenvalue weighted by atomic mass is 35.5. The molecule has 0 aliphatic rings. The highest BCUT2D eigenvalue weighted by Crippen LogP contribution is 2.35. The zero-order chi connectivity index (χ0) is 14.9. The topological polar surface area (TPSA) is 59.3 Å². The van der Waals surface area contributed by atoms with Gasteiger partial charge in [-0.2, -0.15) is 0 Å². The Morgan fingerprint density at radius 3 is 2.50 bits per heavy atom. The molecule has 1 aromatic heterocycles. The van der Waals surface area contributed by atoms with Gasteiger partial charge in [-0.25, -0.2) is 13.1 Å². The Bertz CT molecular complexity index is 723. The van der Waals surface area contributed by atoms with Crippen LogP contribution in [0, 0.1) is 0 Å². The maximum atomic E-state index is 12.2. The molecular weight excluding hydrogens is 321 g/mol. The smallest absolute Gasteiger partial charge is 0.274 e. The molecule has 0 bridgehead atoms. The molecule has 2 rings (SSSR count). The first-order valence-corrected chi connectivity index (χ1v) is 8.10. The van der Waals surface area contributed by atoms with E-state index in [4.69, 9.17) is 27.6 Å². The van der Waals surface area contributed by atoms with Crippen LogP contribution in [0.1, 0.15) is 13.8 Å². The maximum Gasteiger partial charge on any atom is 0.274 e. The van der Waals surface area contributed by atoms with E-state index in [0.29, 0.717) is 21.2 Å². The van der Waals surface area contributed by atoms with Crippen molar-refractivity contribution in [2.75, 3.05) is 0 Å². The summed E-state index contributed by atoms with van der Waals surface area (Å²) in [6, 6.07) is 6.15. The molecule has 0 saturated heterocycles. The van der Waals surface area contributed by atoms with Gasteiger partial charge >= 0.3 is 0 Å². The Labute approximate surface area is 127 Å². The normalized spacial score (nSPS) is 12.1. The number of hydrogen-bond donors (Lipinski definition) is 1. The molecule has 0 aliphatic heterocycles. The second-order valence-corrected chi connectivity index (χ2v) is 6.98. The van der Waals surface area contributed by atoms with Crippen LogP contribution in [-0.4, -0.2) is 14.5 Å². The number of benzene rings is 1. The van der Waals surface area contributed by atoms with Crippen molar-refractivity contribution in [3.8, 4) is 11.1 Å². The molecule has 7 heteroatoms. The molecule has 0 amide bonds. The van der Waals surface area contributed by atoms with E-state index < -0.39 is 10.0 Å². The van der Waals surface area contributed by atoms with Gasteiger partial charge in [-0.15, -0.1) is 0 Å². The lowest BCUT2D eigenvalue weighted by molar-refractivity contribution is 0.445. The molecule has 2 aromatic rings.